The number of carboxylic acid groups (broad SMARTS) is 1. The zero-order chi connectivity index (χ0) is 18.1. The van der Waals surface area contributed by atoms with E-state index in [9.17, 15) is 19.8 Å². The van der Waals surface area contributed by atoms with Gasteiger partial charge in [0, 0.05) is 30.7 Å². The fourth-order valence-electron chi connectivity index (χ4n) is 2.77. The van der Waals surface area contributed by atoms with Crippen molar-refractivity contribution in [2.24, 2.45) is 0 Å². The number of rotatable bonds is 4. The van der Waals surface area contributed by atoms with Crippen LogP contribution in [0.2, 0.25) is 0 Å². The molecule has 5 nitrogen and oxygen atoms in total. The molecule has 0 heterocycles. The Balaban J connectivity index is 2.14. The molecule has 0 unspecified atom stereocenters. The second kappa shape index (κ2) is 6.28. The third-order valence-electron chi connectivity index (χ3n) is 4.14. The zero-order valence-electron chi connectivity index (χ0n) is 13.9. The van der Waals surface area contributed by atoms with Gasteiger partial charge in [-0.15, -0.1) is 0 Å². The van der Waals surface area contributed by atoms with Crippen LogP contribution in [-0.2, 0) is 0 Å². The summed E-state index contributed by atoms with van der Waals surface area (Å²) in [5.41, 5.74) is 1.02. The van der Waals surface area contributed by atoms with Gasteiger partial charge >= 0.3 is 5.97 Å². The number of fused-ring (bicyclic) bond motifs is 1. The van der Waals surface area contributed by atoms with Gasteiger partial charge in [-0.3, -0.25) is 4.79 Å². The van der Waals surface area contributed by atoms with Crippen molar-refractivity contribution in [1.82, 2.24) is 0 Å². The number of aromatic carboxylic acids is 1. The lowest BCUT2D eigenvalue weighted by atomic mass is 9.95. The molecule has 0 saturated heterocycles. The highest BCUT2D eigenvalue weighted by Gasteiger charge is 2.21. The molecule has 3 aromatic carbocycles. The largest absolute Gasteiger partial charge is 0.507 e. The molecule has 0 fully saturated rings. The van der Waals surface area contributed by atoms with E-state index in [1.807, 2.05) is 31.1 Å². The van der Waals surface area contributed by atoms with Crippen molar-refractivity contribution < 1.29 is 19.8 Å². The third-order valence-corrected chi connectivity index (χ3v) is 4.14. The van der Waals surface area contributed by atoms with Crippen molar-refractivity contribution in [1.29, 1.82) is 0 Å². The summed E-state index contributed by atoms with van der Waals surface area (Å²) in [4.78, 5) is 26.1. The number of carbonyl (C=O) groups is 2. The van der Waals surface area contributed by atoms with Gasteiger partial charge < -0.3 is 15.1 Å². The Hall–Kier alpha value is -3.34. The van der Waals surface area contributed by atoms with E-state index in [1.165, 1.54) is 18.2 Å². The number of anilines is 1. The van der Waals surface area contributed by atoms with Gasteiger partial charge in [0.2, 0.25) is 0 Å². The van der Waals surface area contributed by atoms with Crippen LogP contribution in [0.1, 0.15) is 26.3 Å². The number of carbonyl (C=O) groups excluding carboxylic acids is 1. The Bertz CT molecular complexity index is 992. The van der Waals surface area contributed by atoms with Gasteiger partial charge in [-0.2, -0.15) is 0 Å². The highest BCUT2D eigenvalue weighted by atomic mass is 16.4. The molecular formula is C20H17NO4. The summed E-state index contributed by atoms with van der Waals surface area (Å²) in [6, 6.07) is 14.8. The van der Waals surface area contributed by atoms with Crippen LogP contribution in [0, 0.1) is 0 Å². The number of phenolic OH excluding ortho intramolecular Hbond substituents is 1. The molecule has 0 saturated carbocycles. The molecule has 0 amide bonds. The molecule has 3 rings (SSSR count). The number of carboxylic acids is 1. The Morgan fingerprint density at radius 3 is 2.20 bits per heavy atom. The summed E-state index contributed by atoms with van der Waals surface area (Å²) in [5, 5.41) is 21.2. The van der Waals surface area contributed by atoms with E-state index in [4.69, 9.17) is 0 Å². The molecule has 0 spiro atoms. The zero-order valence-corrected chi connectivity index (χ0v) is 13.9. The van der Waals surface area contributed by atoms with E-state index in [0.717, 1.165) is 11.1 Å². The molecule has 3 aromatic rings. The van der Waals surface area contributed by atoms with Gasteiger partial charge in [-0.05, 0) is 35.7 Å². The lowest BCUT2D eigenvalue weighted by Gasteiger charge is -2.14. The first-order valence-corrected chi connectivity index (χ1v) is 7.70. The first-order chi connectivity index (χ1) is 11.9. The maximum Gasteiger partial charge on any atom is 0.336 e. The number of ketones is 1. The first kappa shape index (κ1) is 16.5. The topological polar surface area (TPSA) is 77.8 Å². The lowest BCUT2D eigenvalue weighted by molar-refractivity contribution is 0.0692. The quantitative estimate of drug-likeness (QED) is 0.713. The van der Waals surface area contributed by atoms with E-state index >= 15 is 0 Å². The van der Waals surface area contributed by atoms with Crippen molar-refractivity contribution in [3.8, 4) is 5.75 Å². The number of benzene rings is 3. The molecule has 2 N–H and O–H groups in total. The molecule has 0 radical (unpaired) electrons. The van der Waals surface area contributed by atoms with E-state index in [2.05, 4.69) is 0 Å². The van der Waals surface area contributed by atoms with Gasteiger partial charge in [0.25, 0.3) is 0 Å². The summed E-state index contributed by atoms with van der Waals surface area (Å²) in [6.07, 6.45) is 0. The van der Waals surface area contributed by atoms with Crippen LogP contribution in [0.4, 0.5) is 5.69 Å². The van der Waals surface area contributed by atoms with Crippen LogP contribution in [0.15, 0.2) is 54.6 Å². The van der Waals surface area contributed by atoms with Crippen LogP contribution in [-0.4, -0.2) is 36.1 Å². The van der Waals surface area contributed by atoms with Crippen LogP contribution in [0.25, 0.3) is 10.8 Å². The number of nitrogens with zero attached hydrogens (tertiary/aromatic N) is 1. The second-order valence-electron chi connectivity index (χ2n) is 5.94. The van der Waals surface area contributed by atoms with Crippen LogP contribution < -0.4 is 4.90 Å². The minimum Gasteiger partial charge on any atom is -0.507 e. The van der Waals surface area contributed by atoms with Crippen molar-refractivity contribution >= 4 is 28.2 Å². The van der Waals surface area contributed by atoms with Gasteiger partial charge in [0.1, 0.15) is 5.75 Å². The highest BCUT2D eigenvalue weighted by Crippen LogP contribution is 2.32. The third kappa shape index (κ3) is 2.92. The lowest BCUT2D eigenvalue weighted by Crippen LogP contribution is -2.10. The van der Waals surface area contributed by atoms with E-state index in [-0.39, 0.29) is 22.4 Å². The molecule has 5 heteroatoms. The number of aromatic hydroxyl groups is 1. The van der Waals surface area contributed by atoms with E-state index in [1.54, 1.807) is 24.3 Å². The molecule has 25 heavy (non-hydrogen) atoms. The molecule has 0 aliphatic heterocycles. The average molecular weight is 335 g/mol. The van der Waals surface area contributed by atoms with E-state index in [0.29, 0.717) is 5.39 Å². The standard InChI is InChI=1S/C20H17NO4/c1-21(2)13-8-10-14-12(11-13)7-9-17(18(14)22)19(23)15-5-3-4-6-16(15)20(24)25/h3-11,22H,1-2H3,(H,24,25). The van der Waals surface area contributed by atoms with Crippen LogP contribution in [0.3, 0.4) is 0 Å². The fraction of sp³-hybridized carbons (Fsp3) is 0.100. The molecule has 0 atom stereocenters. The average Bonchev–Trinajstić information content (AvgIpc) is 2.61. The first-order valence-electron chi connectivity index (χ1n) is 7.70. The van der Waals surface area contributed by atoms with Gasteiger partial charge in [-0.25, -0.2) is 4.79 Å². The molecule has 0 bridgehead atoms. The monoisotopic (exact) mass is 335 g/mol. The van der Waals surface area contributed by atoms with Crippen molar-refractivity contribution in [2.45, 2.75) is 0 Å². The smallest absolute Gasteiger partial charge is 0.336 e. The molecule has 0 aliphatic carbocycles. The molecular weight excluding hydrogens is 318 g/mol. The summed E-state index contributed by atoms with van der Waals surface area (Å²) in [5.74, 6) is -1.85. The minimum atomic E-state index is -1.18. The summed E-state index contributed by atoms with van der Waals surface area (Å²) >= 11 is 0. The fourth-order valence-corrected chi connectivity index (χ4v) is 2.77. The predicted molar refractivity (Wildman–Crippen MR) is 96.8 cm³/mol. The van der Waals surface area contributed by atoms with Crippen LogP contribution in [0.5, 0.6) is 5.75 Å². The molecule has 0 aliphatic rings. The van der Waals surface area contributed by atoms with Gasteiger partial charge in [0.15, 0.2) is 5.78 Å². The molecule has 0 aromatic heterocycles. The number of hydrogen-bond acceptors (Lipinski definition) is 4. The number of hydrogen-bond donors (Lipinski definition) is 2. The Kier molecular flexibility index (Phi) is 4.15. The van der Waals surface area contributed by atoms with Gasteiger partial charge in [-0.1, -0.05) is 24.3 Å². The Morgan fingerprint density at radius 1 is 0.880 bits per heavy atom. The minimum absolute atomic E-state index is 0.0505. The van der Waals surface area contributed by atoms with E-state index < -0.39 is 11.8 Å². The highest BCUT2D eigenvalue weighted by molar-refractivity contribution is 6.17. The number of phenols is 1. The van der Waals surface area contributed by atoms with Crippen molar-refractivity contribution in [3.05, 3.63) is 71.3 Å². The Morgan fingerprint density at radius 2 is 1.56 bits per heavy atom. The van der Waals surface area contributed by atoms with Crippen molar-refractivity contribution in [2.75, 3.05) is 19.0 Å². The van der Waals surface area contributed by atoms with Crippen molar-refractivity contribution in [3.63, 3.8) is 0 Å². The van der Waals surface area contributed by atoms with Crippen LogP contribution >= 0.6 is 0 Å². The predicted octanol–water partition coefficient (Wildman–Crippen LogP) is 3.54. The van der Waals surface area contributed by atoms with Gasteiger partial charge in [0.05, 0.1) is 11.1 Å². The summed E-state index contributed by atoms with van der Waals surface area (Å²) in [7, 11) is 3.84. The summed E-state index contributed by atoms with van der Waals surface area (Å²) in [6.45, 7) is 0. The normalized spacial score (nSPS) is 10.6. The SMILES string of the molecule is CN(C)c1ccc2c(O)c(C(=O)c3ccccc3C(=O)O)ccc2c1. The Labute approximate surface area is 144 Å². The second-order valence-corrected chi connectivity index (χ2v) is 5.94. The summed E-state index contributed by atoms with van der Waals surface area (Å²) < 4.78 is 0. The molecule has 126 valence electrons. The maximum absolute atomic E-state index is 12.8. The maximum atomic E-state index is 12.8.